The summed E-state index contributed by atoms with van der Waals surface area (Å²) in [5.74, 6) is 0.855. The first kappa shape index (κ1) is 18.8. The van der Waals surface area contributed by atoms with Crippen LogP contribution in [0.3, 0.4) is 0 Å². The maximum absolute atomic E-state index is 12.0. The van der Waals surface area contributed by atoms with Crippen LogP contribution in [0.25, 0.3) is 6.08 Å². The molecular weight excluding hydrogens is 360 g/mol. The van der Waals surface area contributed by atoms with Gasteiger partial charge in [0.2, 0.25) is 5.91 Å². The fourth-order valence-corrected chi connectivity index (χ4v) is 2.42. The quantitative estimate of drug-likeness (QED) is 0.612. The van der Waals surface area contributed by atoms with Crippen molar-refractivity contribution in [3.05, 3.63) is 59.1 Å². The van der Waals surface area contributed by atoms with Crippen LogP contribution in [-0.4, -0.2) is 25.2 Å². The van der Waals surface area contributed by atoms with E-state index in [0.29, 0.717) is 22.2 Å². The smallest absolute Gasteiger partial charge is 0.250 e. The summed E-state index contributed by atoms with van der Waals surface area (Å²) in [7, 11) is 3.12. The van der Waals surface area contributed by atoms with Gasteiger partial charge in [-0.1, -0.05) is 23.7 Å². The Hall–Kier alpha value is -2.57. The van der Waals surface area contributed by atoms with E-state index in [1.54, 1.807) is 56.7 Å². The van der Waals surface area contributed by atoms with Gasteiger partial charge in [0.25, 0.3) is 0 Å². The van der Waals surface area contributed by atoms with Gasteiger partial charge >= 0.3 is 0 Å². The molecule has 0 spiro atoms. The number of rotatable bonds is 5. The molecule has 2 aromatic rings. The van der Waals surface area contributed by atoms with Gasteiger partial charge in [0, 0.05) is 16.8 Å². The van der Waals surface area contributed by atoms with E-state index >= 15 is 0 Å². The summed E-state index contributed by atoms with van der Waals surface area (Å²) in [4.78, 5) is 12.0. The zero-order valence-electron chi connectivity index (χ0n) is 13.7. The molecule has 0 heterocycles. The van der Waals surface area contributed by atoms with E-state index in [2.05, 4.69) is 10.6 Å². The molecule has 2 N–H and O–H groups in total. The summed E-state index contributed by atoms with van der Waals surface area (Å²) in [5.41, 5.74) is 1.49. The van der Waals surface area contributed by atoms with Crippen molar-refractivity contribution < 1.29 is 14.3 Å². The van der Waals surface area contributed by atoms with E-state index in [-0.39, 0.29) is 11.0 Å². The van der Waals surface area contributed by atoms with Gasteiger partial charge in [0.15, 0.2) is 16.6 Å². The molecule has 0 saturated carbocycles. The van der Waals surface area contributed by atoms with Gasteiger partial charge in [-0.05, 0) is 54.2 Å². The second-order valence-electron chi connectivity index (χ2n) is 4.90. The molecule has 0 radical (unpaired) electrons. The summed E-state index contributed by atoms with van der Waals surface area (Å²) in [6.45, 7) is 0. The lowest BCUT2D eigenvalue weighted by Gasteiger charge is -2.08. The Kier molecular flexibility index (Phi) is 6.80. The van der Waals surface area contributed by atoms with Crippen molar-refractivity contribution in [1.29, 1.82) is 0 Å². The number of ether oxygens (including phenoxy) is 2. The second-order valence-corrected chi connectivity index (χ2v) is 5.75. The molecule has 130 valence electrons. The van der Waals surface area contributed by atoms with E-state index in [4.69, 9.17) is 33.3 Å². The molecule has 0 atom stereocenters. The van der Waals surface area contributed by atoms with Crippen LogP contribution in [0, 0.1) is 0 Å². The molecule has 2 rings (SSSR count). The Morgan fingerprint density at radius 3 is 2.56 bits per heavy atom. The van der Waals surface area contributed by atoms with Crippen molar-refractivity contribution in [1.82, 2.24) is 5.32 Å². The summed E-state index contributed by atoms with van der Waals surface area (Å²) in [6, 6.07) is 12.4. The lowest BCUT2D eigenvalue weighted by molar-refractivity contribution is -0.115. The summed E-state index contributed by atoms with van der Waals surface area (Å²) in [5, 5.41) is 6.22. The third-order valence-corrected chi connectivity index (χ3v) is 3.59. The summed E-state index contributed by atoms with van der Waals surface area (Å²) in [6.07, 6.45) is 3.03. The van der Waals surface area contributed by atoms with Crippen molar-refractivity contribution in [3.63, 3.8) is 0 Å². The average Bonchev–Trinajstić information content (AvgIpc) is 2.59. The second kappa shape index (κ2) is 9.05. The third-order valence-electron chi connectivity index (χ3n) is 3.15. The van der Waals surface area contributed by atoms with Gasteiger partial charge in [-0.3, -0.25) is 10.1 Å². The van der Waals surface area contributed by atoms with Crippen LogP contribution >= 0.6 is 23.8 Å². The number of benzene rings is 2. The SMILES string of the molecule is COc1ccc(/C=C/C(=O)NC(=S)Nc2cccc(Cl)c2)cc1OC. The van der Waals surface area contributed by atoms with Crippen molar-refractivity contribution in [3.8, 4) is 11.5 Å². The van der Waals surface area contributed by atoms with Crippen LogP contribution < -0.4 is 20.1 Å². The predicted octanol–water partition coefficient (Wildman–Crippen LogP) is 3.88. The maximum atomic E-state index is 12.0. The van der Waals surface area contributed by atoms with Crippen LogP contribution in [0.5, 0.6) is 11.5 Å². The van der Waals surface area contributed by atoms with E-state index < -0.39 is 0 Å². The molecule has 0 fully saturated rings. The molecule has 0 saturated heterocycles. The number of amides is 1. The van der Waals surface area contributed by atoms with Gasteiger partial charge in [-0.25, -0.2) is 0 Å². The fraction of sp³-hybridized carbons (Fsp3) is 0.111. The molecule has 0 aromatic heterocycles. The zero-order valence-corrected chi connectivity index (χ0v) is 15.3. The van der Waals surface area contributed by atoms with Crippen LogP contribution in [0.1, 0.15) is 5.56 Å². The predicted molar refractivity (Wildman–Crippen MR) is 104 cm³/mol. The highest BCUT2D eigenvalue weighted by atomic mass is 35.5. The molecule has 7 heteroatoms. The fourth-order valence-electron chi connectivity index (χ4n) is 2.01. The average molecular weight is 377 g/mol. The Bertz CT molecular complexity index is 809. The molecule has 1 amide bonds. The van der Waals surface area contributed by atoms with E-state index in [1.807, 2.05) is 6.07 Å². The Morgan fingerprint density at radius 2 is 1.88 bits per heavy atom. The molecule has 0 unspecified atom stereocenters. The van der Waals surface area contributed by atoms with Crippen molar-refractivity contribution in [2.75, 3.05) is 19.5 Å². The number of nitrogens with one attached hydrogen (secondary N) is 2. The van der Waals surface area contributed by atoms with E-state index in [0.717, 1.165) is 5.56 Å². The number of anilines is 1. The van der Waals surface area contributed by atoms with Crippen LogP contribution in [0.4, 0.5) is 5.69 Å². The van der Waals surface area contributed by atoms with Gasteiger partial charge in [0.1, 0.15) is 0 Å². The molecule has 0 aliphatic carbocycles. The van der Waals surface area contributed by atoms with Gasteiger partial charge in [0.05, 0.1) is 14.2 Å². The van der Waals surface area contributed by atoms with Crippen molar-refractivity contribution in [2.24, 2.45) is 0 Å². The number of halogens is 1. The first-order chi connectivity index (χ1) is 12.0. The molecule has 0 aliphatic heterocycles. The third kappa shape index (κ3) is 5.77. The van der Waals surface area contributed by atoms with Crippen LogP contribution in [0.2, 0.25) is 5.02 Å². The molecule has 25 heavy (non-hydrogen) atoms. The number of hydrogen-bond donors (Lipinski definition) is 2. The Morgan fingerprint density at radius 1 is 1.12 bits per heavy atom. The van der Waals surface area contributed by atoms with Crippen molar-refractivity contribution >= 4 is 46.6 Å². The minimum absolute atomic E-state index is 0.184. The van der Waals surface area contributed by atoms with Crippen molar-refractivity contribution in [2.45, 2.75) is 0 Å². The summed E-state index contributed by atoms with van der Waals surface area (Å²) >= 11 is 11.0. The summed E-state index contributed by atoms with van der Waals surface area (Å²) < 4.78 is 10.4. The number of hydrogen-bond acceptors (Lipinski definition) is 4. The minimum atomic E-state index is -0.352. The molecule has 5 nitrogen and oxygen atoms in total. The standard InChI is InChI=1S/C18H17ClN2O3S/c1-23-15-8-6-12(10-16(15)24-2)7-9-17(22)21-18(25)20-14-5-3-4-13(19)11-14/h3-11H,1-2H3,(H2,20,21,22,25)/b9-7+. The first-order valence-corrected chi connectivity index (χ1v) is 8.08. The Balaban J connectivity index is 1.95. The highest BCUT2D eigenvalue weighted by molar-refractivity contribution is 7.80. The van der Waals surface area contributed by atoms with Crippen LogP contribution in [-0.2, 0) is 4.79 Å². The highest BCUT2D eigenvalue weighted by Crippen LogP contribution is 2.27. The maximum Gasteiger partial charge on any atom is 0.250 e. The van der Waals surface area contributed by atoms with E-state index in [1.165, 1.54) is 6.08 Å². The normalized spacial score (nSPS) is 10.4. The number of methoxy groups -OCH3 is 2. The minimum Gasteiger partial charge on any atom is -0.493 e. The lowest BCUT2D eigenvalue weighted by atomic mass is 10.2. The molecular formula is C18H17ClN2O3S. The molecule has 0 aliphatic rings. The van der Waals surface area contributed by atoms with E-state index in [9.17, 15) is 4.79 Å². The largest absolute Gasteiger partial charge is 0.493 e. The lowest BCUT2D eigenvalue weighted by Crippen LogP contribution is -2.32. The first-order valence-electron chi connectivity index (χ1n) is 7.29. The van der Waals surface area contributed by atoms with Gasteiger partial charge in [-0.2, -0.15) is 0 Å². The number of carbonyl (C=O) groups excluding carboxylic acids is 1. The van der Waals surface area contributed by atoms with Gasteiger partial charge < -0.3 is 14.8 Å². The number of carbonyl (C=O) groups is 1. The molecule has 2 aromatic carbocycles. The van der Waals surface area contributed by atoms with Gasteiger partial charge in [-0.15, -0.1) is 0 Å². The Labute approximate surface area is 156 Å². The monoisotopic (exact) mass is 376 g/mol. The topological polar surface area (TPSA) is 59.6 Å². The highest BCUT2D eigenvalue weighted by Gasteiger charge is 2.04. The molecule has 0 bridgehead atoms. The van der Waals surface area contributed by atoms with Crippen LogP contribution in [0.15, 0.2) is 48.5 Å². The number of thiocarbonyl (C=S) groups is 1. The zero-order chi connectivity index (χ0) is 18.2.